The summed E-state index contributed by atoms with van der Waals surface area (Å²) in [5.74, 6) is 0.477. The summed E-state index contributed by atoms with van der Waals surface area (Å²) in [6.07, 6.45) is 5.27. The number of halogens is 1. The number of aromatic nitrogens is 2. The van der Waals surface area contributed by atoms with Crippen LogP contribution in [-0.4, -0.2) is 29.8 Å². The number of hydrazone groups is 1. The maximum Gasteiger partial charge on any atom is 0.148 e. The maximum atomic E-state index is 14.6. The lowest BCUT2D eigenvalue weighted by Crippen LogP contribution is -2.34. The van der Waals surface area contributed by atoms with Gasteiger partial charge >= 0.3 is 0 Å². The predicted octanol–water partition coefficient (Wildman–Crippen LogP) is 4.08. The van der Waals surface area contributed by atoms with E-state index in [0.717, 1.165) is 42.5 Å². The number of nitrogens with two attached hydrogens (primary N) is 1. The van der Waals surface area contributed by atoms with E-state index in [0.29, 0.717) is 23.1 Å². The average molecular weight is 420 g/mol. The van der Waals surface area contributed by atoms with Crippen LogP contribution in [0.15, 0.2) is 60.5 Å². The van der Waals surface area contributed by atoms with E-state index in [1.165, 1.54) is 17.3 Å². The van der Waals surface area contributed by atoms with Crippen LogP contribution >= 0.6 is 0 Å². The minimum absolute atomic E-state index is 0.104. The predicted molar refractivity (Wildman–Crippen MR) is 124 cm³/mol. The van der Waals surface area contributed by atoms with E-state index in [9.17, 15) is 4.39 Å². The second-order valence-electron chi connectivity index (χ2n) is 7.57. The van der Waals surface area contributed by atoms with Crippen molar-refractivity contribution in [3.05, 3.63) is 66.9 Å². The second-order valence-corrected chi connectivity index (χ2v) is 7.57. The molecular formula is C23H26FN7. The summed E-state index contributed by atoms with van der Waals surface area (Å²) < 4.78 is 14.6. The van der Waals surface area contributed by atoms with Crippen LogP contribution in [0, 0.1) is 11.7 Å². The number of pyridine rings is 2. The number of rotatable bonds is 7. The van der Waals surface area contributed by atoms with Crippen LogP contribution in [0.25, 0.3) is 10.9 Å². The van der Waals surface area contributed by atoms with Crippen molar-refractivity contribution in [1.82, 2.24) is 15.3 Å². The van der Waals surface area contributed by atoms with Crippen molar-refractivity contribution in [2.75, 3.05) is 23.4 Å². The zero-order valence-corrected chi connectivity index (χ0v) is 17.3. The van der Waals surface area contributed by atoms with E-state index in [4.69, 9.17) is 10.7 Å². The summed E-state index contributed by atoms with van der Waals surface area (Å²) in [6.45, 7) is 9.05. The fraction of sp³-hybridized carbons (Fsp3) is 0.261. The lowest BCUT2D eigenvalue weighted by Gasteiger charge is -2.27. The minimum atomic E-state index is -0.440. The van der Waals surface area contributed by atoms with Crippen LogP contribution in [0.2, 0.25) is 0 Å². The van der Waals surface area contributed by atoms with Gasteiger partial charge in [0.15, 0.2) is 0 Å². The Balaban J connectivity index is 1.57. The topological polar surface area (TPSA) is 91.5 Å². The molecule has 1 saturated heterocycles. The Kier molecular flexibility index (Phi) is 6.20. The molecule has 0 bridgehead atoms. The van der Waals surface area contributed by atoms with E-state index < -0.39 is 5.82 Å². The molecule has 1 aliphatic heterocycles. The molecule has 3 aromatic rings. The number of hydrogen-bond acceptors (Lipinski definition) is 7. The zero-order valence-electron chi connectivity index (χ0n) is 17.3. The molecule has 8 heteroatoms. The molecule has 7 nitrogen and oxygen atoms in total. The van der Waals surface area contributed by atoms with Crippen LogP contribution in [0.1, 0.15) is 24.6 Å². The maximum absolute atomic E-state index is 14.6. The minimum Gasteiger partial charge on any atom is -0.338 e. The second kappa shape index (κ2) is 9.20. The van der Waals surface area contributed by atoms with Crippen molar-refractivity contribution in [1.29, 1.82) is 0 Å². The molecule has 1 atom stereocenters. The number of benzene rings is 1. The van der Waals surface area contributed by atoms with Gasteiger partial charge < -0.3 is 16.4 Å². The van der Waals surface area contributed by atoms with E-state index in [2.05, 4.69) is 34.0 Å². The number of nitrogens with one attached hydrogen (secondary N) is 2. The van der Waals surface area contributed by atoms with Gasteiger partial charge in [-0.05, 0) is 56.1 Å². The van der Waals surface area contributed by atoms with Gasteiger partial charge in [0.25, 0.3) is 0 Å². The van der Waals surface area contributed by atoms with Gasteiger partial charge in [0, 0.05) is 42.7 Å². The number of hydrogen-bond donors (Lipinski definition) is 3. The first-order chi connectivity index (χ1) is 15.1. The van der Waals surface area contributed by atoms with Crippen molar-refractivity contribution in [2.45, 2.75) is 18.9 Å². The molecule has 0 spiro atoms. The lowest BCUT2D eigenvalue weighted by atomic mass is 9.88. The van der Waals surface area contributed by atoms with Crippen LogP contribution in [0.3, 0.4) is 0 Å². The van der Waals surface area contributed by atoms with Crippen LogP contribution in [-0.2, 0) is 0 Å². The highest BCUT2D eigenvalue weighted by molar-refractivity contribution is 5.81. The molecule has 1 aliphatic rings. The Bertz CT molecular complexity index is 1090. The lowest BCUT2D eigenvalue weighted by molar-refractivity contribution is 0.319. The number of fused-ring (bicyclic) bond motifs is 1. The first-order valence-corrected chi connectivity index (χ1v) is 10.3. The Morgan fingerprint density at radius 2 is 2.06 bits per heavy atom. The van der Waals surface area contributed by atoms with Crippen molar-refractivity contribution in [2.24, 2.45) is 16.8 Å². The molecule has 160 valence electrons. The van der Waals surface area contributed by atoms with Gasteiger partial charge in [0.2, 0.25) is 0 Å². The Labute approximate surface area is 180 Å². The summed E-state index contributed by atoms with van der Waals surface area (Å²) in [4.78, 5) is 9.16. The van der Waals surface area contributed by atoms with Crippen LogP contribution in [0.5, 0.6) is 0 Å². The fourth-order valence-electron chi connectivity index (χ4n) is 3.86. The molecular weight excluding hydrogens is 393 g/mol. The summed E-state index contributed by atoms with van der Waals surface area (Å²) in [6, 6.07) is 10.4. The van der Waals surface area contributed by atoms with Crippen molar-refractivity contribution < 1.29 is 4.39 Å². The van der Waals surface area contributed by atoms with Gasteiger partial charge in [0.05, 0.1) is 22.6 Å². The Morgan fingerprint density at radius 3 is 2.77 bits per heavy atom. The van der Waals surface area contributed by atoms with Crippen molar-refractivity contribution >= 4 is 34.8 Å². The molecule has 4 N–H and O–H groups in total. The Hall–Kier alpha value is -3.36. The SMILES string of the molecule is C=CN(N=C)c1ccc(Nc2cc3nc(C(N)C4CCNCC4)ccc3cn2)c(F)c1. The molecule has 0 amide bonds. The van der Waals surface area contributed by atoms with Gasteiger partial charge in [0.1, 0.15) is 11.6 Å². The number of piperidine rings is 1. The summed E-state index contributed by atoms with van der Waals surface area (Å²) >= 11 is 0. The summed E-state index contributed by atoms with van der Waals surface area (Å²) in [7, 11) is 0. The van der Waals surface area contributed by atoms with Crippen LogP contribution < -0.4 is 21.4 Å². The first-order valence-electron chi connectivity index (χ1n) is 10.3. The van der Waals surface area contributed by atoms with Crippen molar-refractivity contribution in [3.63, 3.8) is 0 Å². The van der Waals surface area contributed by atoms with E-state index in [1.54, 1.807) is 18.3 Å². The third-order valence-corrected chi connectivity index (χ3v) is 5.63. The monoisotopic (exact) mass is 419 g/mol. The molecule has 1 aromatic carbocycles. The quantitative estimate of drug-likeness (QED) is 0.395. The van der Waals surface area contributed by atoms with E-state index >= 15 is 0 Å². The molecule has 1 unspecified atom stereocenters. The molecule has 0 saturated carbocycles. The molecule has 2 aromatic heterocycles. The van der Waals surface area contributed by atoms with Gasteiger partial charge in [-0.1, -0.05) is 6.58 Å². The highest BCUT2D eigenvalue weighted by Gasteiger charge is 2.22. The molecule has 1 fully saturated rings. The smallest absolute Gasteiger partial charge is 0.148 e. The van der Waals surface area contributed by atoms with Crippen molar-refractivity contribution in [3.8, 4) is 0 Å². The third kappa shape index (κ3) is 4.55. The van der Waals surface area contributed by atoms with E-state index in [-0.39, 0.29) is 6.04 Å². The van der Waals surface area contributed by atoms with Crippen LogP contribution in [0.4, 0.5) is 21.6 Å². The summed E-state index contributed by atoms with van der Waals surface area (Å²) in [5, 5.41) is 12.4. The molecule has 0 radical (unpaired) electrons. The molecule has 31 heavy (non-hydrogen) atoms. The number of nitrogens with zero attached hydrogens (tertiary/aromatic N) is 4. The normalized spacial score (nSPS) is 15.4. The van der Waals surface area contributed by atoms with E-state index in [1.807, 2.05) is 18.2 Å². The standard InChI is InChI=1S/C23H26FN7/c1-3-31(26-2)17-5-7-19(18(24)12-17)30-22-13-21-16(14-28-22)4-6-20(29-21)23(25)15-8-10-27-11-9-15/h3-7,12-15,23,27H,1-2,8-11,25H2,(H,28,30). The highest BCUT2D eigenvalue weighted by Crippen LogP contribution is 2.28. The largest absolute Gasteiger partial charge is 0.338 e. The zero-order chi connectivity index (χ0) is 21.8. The number of anilines is 3. The Morgan fingerprint density at radius 1 is 1.26 bits per heavy atom. The fourth-order valence-corrected chi connectivity index (χ4v) is 3.86. The molecule has 4 rings (SSSR count). The average Bonchev–Trinajstić information content (AvgIpc) is 2.81. The van der Waals surface area contributed by atoms with Gasteiger partial charge in [-0.25, -0.2) is 14.4 Å². The summed E-state index contributed by atoms with van der Waals surface area (Å²) in [5.41, 5.74) is 8.97. The van der Waals surface area contributed by atoms with Gasteiger partial charge in [-0.15, -0.1) is 0 Å². The van der Waals surface area contributed by atoms with Gasteiger partial charge in [-0.3, -0.25) is 4.98 Å². The highest BCUT2D eigenvalue weighted by atomic mass is 19.1. The third-order valence-electron chi connectivity index (χ3n) is 5.63. The van der Waals surface area contributed by atoms with Gasteiger partial charge in [-0.2, -0.15) is 5.10 Å². The molecule has 3 heterocycles. The first kappa shape index (κ1) is 20.9. The molecule has 0 aliphatic carbocycles.